The SMILES string of the molecule is COC(=O)C(O)(O)CCCC(=O)OC(C)(C)C. The molecule has 100 valence electrons. The van der Waals surface area contributed by atoms with Gasteiger partial charge in [-0.3, -0.25) is 4.79 Å². The summed E-state index contributed by atoms with van der Waals surface area (Å²) >= 11 is 0. The number of esters is 2. The van der Waals surface area contributed by atoms with Gasteiger partial charge in [-0.15, -0.1) is 0 Å². The molecule has 0 aliphatic rings. The first-order chi connectivity index (χ1) is 7.58. The molecule has 0 saturated heterocycles. The van der Waals surface area contributed by atoms with Crippen LogP contribution in [-0.2, 0) is 19.1 Å². The van der Waals surface area contributed by atoms with Crippen LogP contribution in [-0.4, -0.2) is 40.6 Å². The van der Waals surface area contributed by atoms with Gasteiger partial charge in [0.1, 0.15) is 5.60 Å². The van der Waals surface area contributed by atoms with Crippen LogP contribution in [0.15, 0.2) is 0 Å². The fourth-order valence-electron chi connectivity index (χ4n) is 1.14. The summed E-state index contributed by atoms with van der Waals surface area (Å²) in [5, 5.41) is 18.5. The molecule has 0 aromatic carbocycles. The van der Waals surface area contributed by atoms with Gasteiger partial charge in [0.25, 0.3) is 5.79 Å². The molecule has 0 amide bonds. The van der Waals surface area contributed by atoms with E-state index in [1.807, 2.05) is 0 Å². The molecule has 0 aromatic heterocycles. The molecule has 0 aliphatic heterocycles. The second kappa shape index (κ2) is 5.97. The summed E-state index contributed by atoms with van der Waals surface area (Å²) in [6.07, 6.45) is -0.146. The number of hydrogen-bond acceptors (Lipinski definition) is 6. The summed E-state index contributed by atoms with van der Waals surface area (Å²) in [5.74, 6) is -4.13. The van der Waals surface area contributed by atoms with E-state index in [1.165, 1.54) is 0 Å². The van der Waals surface area contributed by atoms with Crippen LogP contribution < -0.4 is 0 Å². The number of carbonyl (C=O) groups is 2. The van der Waals surface area contributed by atoms with E-state index in [2.05, 4.69) is 4.74 Å². The Hall–Kier alpha value is -1.14. The summed E-state index contributed by atoms with van der Waals surface area (Å²) in [6, 6.07) is 0. The summed E-state index contributed by atoms with van der Waals surface area (Å²) < 4.78 is 9.22. The predicted molar refractivity (Wildman–Crippen MR) is 58.9 cm³/mol. The summed E-state index contributed by atoms with van der Waals surface area (Å²) in [4.78, 5) is 22.2. The van der Waals surface area contributed by atoms with E-state index in [0.717, 1.165) is 7.11 Å². The number of methoxy groups -OCH3 is 1. The molecule has 0 bridgehead atoms. The number of hydrogen-bond donors (Lipinski definition) is 2. The van der Waals surface area contributed by atoms with Crippen molar-refractivity contribution in [1.29, 1.82) is 0 Å². The lowest BCUT2D eigenvalue weighted by Gasteiger charge is -2.20. The molecular formula is C11H20O6. The first-order valence-corrected chi connectivity index (χ1v) is 5.33. The van der Waals surface area contributed by atoms with Gasteiger partial charge in [-0.05, 0) is 27.2 Å². The Morgan fingerprint density at radius 1 is 1.18 bits per heavy atom. The molecule has 6 nitrogen and oxygen atoms in total. The molecule has 0 heterocycles. The van der Waals surface area contributed by atoms with E-state index in [0.29, 0.717) is 0 Å². The Morgan fingerprint density at radius 2 is 1.71 bits per heavy atom. The zero-order chi connectivity index (χ0) is 13.7. The molecular weight excluding hydrogens is 228 g/mol. The second-order valence-electron chi connectivity index (χ2n) is 4.75. The first kappa shape index (κ1) is 15.9. The molecule has 6 heteroatoms. The van der Waals surface area contributed by atoms with Crippen LogP contribution in [0, 0.1) is 0 Å². The van der Waals surface area contributed by atoms with Crippen molar-refractivity contribution in [2.45, 2.75) is 51.4 Å². The number of ether oxygens (including phenoxy) is 2. The average Bonchev–Trinajstić information content (AvgIpc) is 2.13. The molecule has 0 atom stereocenters. The Labute approximate surface area is 101 Å². The number of carbonyl (C=O) groups excluding carboxylic acids is 2. The van der Waals surface area contributed by atoms with Gasteiger partial charge in [0.15, 0.2) is 0 Å². The zero-order valence-electron chi connectivity index (χ0n) is 10.6. The fourth-order valence-corrected chi connectivity index (χ4v) is 1.14. The minimum absolute atomic E-state index is 0.0110. The van der Waals surface area contributed by atoms with Gasteiger partial charge in [-0.2, -0.15) is 0 Å². The van der Waals surface area contributed by atoms with Gasteiger partial charge < -0.3 is 19.7 Å². The minimum atomic E-state index is -2.54. The second-order valence-corrected chi connectivity index (χ2v) is 4.75. The largest absolute Gasteiger partial charge is 0.465 e. The summed E-state index contributed by atoms with van der Waals surface area (Å²) in [6.45, 7) is 5.21. The Balaban J connectivity index is 4.00. The van der Waals surface area contributed by atoms with Gasteiger partial charge in [-0.1, -0.05) is 0 Å². The Bertz CT molecular complexity index is 276. The van der Waals surface area contributed by atoms with Crippen LogP contribution in [0.4, 0.5) is 0 Å². The maximum Gasteiger partial charge on any atom is 0.366 e. The van der Waals surface area contributed by atoms with Crippen LogP contribution in [0.2, 0.25) is 0 Å². The first-order valence-electron chi connectivity index (χ1n) is 5.33. The van der Waals surface area contributed by atoms with Crippen LogP contribution in [0.25, 0.3) is 0 Å². The molecule has 0 aromatic rings. The highest BCUT2D eigenvalue weighted by atomic mass is 16.6. The monoisotopic (exact) mass is 248 g/mol. The normalized spacial score (nSPS) is 12.1. The van der Waals surface area contributed by atoms with Gasteiger partial charge in [0.05, 0.1) is 7.11 Å². The third kappa shape index (κ3) is 6.91. The molecule has 0 fully saturated rings. The summed E-state index contributed by atoms with van der Waals surface area (Å²) in [7, 11) is 1.05. The molecule has 0 unspecified atom stereocenters. The third-order valence-electron chi connectivity index (χ3n) is 1.84. The van der Waals surface area contributed by atoms with Gasteiger partial charge >= 0.3 is 11.9 Å². The lowest BCUT2D eigenvalue weighted by molar-refractivity contribution is -0.209. The fraction of sp³-hybridized carbons (Fsp3) is 0.818. The van der Waals surface area contributed by atoms with E-state index >= 15 is 0 Å². The molecule has 0 aliphatic carbocycles. The van der Waals surface area contributed by atoms with Crippen LogP contribution in [0.5, 0.6) is 0 Å². The van der Waals surface area contributed by atoms with Crippen LogP contribution in [0.1, 0.15) is 40.0 Å². The van der Waals surface area contributed by atoms with Crippen molar-refractivity contribution < 1.29 is 29.3 Å². The minimum Gasteiger partial charge on any atom is -0.465 e. The Kier molecular flexibility index (Phi) is 5.57. The predicted octanol–water partition coefficient (Wildman–Crippen LogP) is 0.352. The van der Waals surface area contributed by atoms with Crippen molar-refractivity contribution in [2.75, 3.05) is 7.11 Å². The van der Waals surface area contributed by atoms with Crippen molar-refractivity contribution in [2.24, 2.45) is 0 Å². The zero-order valence-corrected chi connectivity index (χ0v) is 10.6. The number of aliphatic hydroxyl groups is 2. The Morgan fingerprint density at radius 3 is 2.12 bits per heavy atom. The number of rotatable bonds is 5. The van der Waals surface area contributed by atoms with Crippen molar-refractivity contribution in [3.63, 3.8) is 0 Å². The van der Waals surface area contributed by atoms with Gasteiger partial charge in [0, 0.05) is 12.8 Å². The highest BCUT2D eigenvalue weighted by Crippen LogP contribution is 2.15. The highest BCUT2D eigenvalue weighted by molar-refractivity contribution is 5.77. The van der Waals surface area contributed by atoms with E-state index in [4.69, 9.17) is 4.74 Å². The van der Waals surface area contributed by atoms with Gasteiger partial charge in [0.2, 0.25) is 0 Å². The standard InChI is InChI=1S/C11H20O6/c1-10(2,3)17-8(12)6-5-7-11(14,15)9(13)16-4/h14-15H,5-7H2,1-4H3. The maximum atomic E-state index is 11.3. The maximum absolute atomic E-state index is 11.3. The average molecular weight is 248 g/mol. The van der Waals surface area contributed by atoms with E-state index < -0.39 is 23.3 Å². The topological polar surface area (TPSA) is 93.1 Å². The van der Waals surface area contributed by atoms with Crippen molar-refractivity contribution in [1.82, 2.24) is 0 Å². The molecule has 0 saturated carbocycles. The smallest absolute Gasteiger partial charge is 0.366 e. The lowest BCUT2D eigenvalue weighted by Crippen LogP contribution is -2.39. The van der Waals surface area contributed by atoms with Crippen molar-refractivity contribution in [3.8, 4) is 0 Å². The molecule has 17 heavy (non-hydrogen) atoms. The third-order valence-corrected chi connectivity index (χ3v) is 1.84. The molecule has 0 radical (unpaired) electrons. The molecule has 0 rings (SSSR count). The van der Waals surface area contributed by atoms with Crippen molar-refractivity contribution >= 4 is 11.9 Å². The van der Waals surface area contributed by atoms with Crippen LogP contribution in [0.3, 0.4) is 0 Å². The van der Waals surface area contributed by atoms with E-state index in [1.54, 1.807) is 20.8 Å². The van der Waals surface area contributed by atoms with E-state index in [-0.39, 0.29) is 19.3 Å². The quantitative estimate of drug-likeness (QED) is 0.538. The van der Waals surface area contributed by atoms with Crippen molar-refractivity contribution in [3.05, 3.63) is 0 Å². The van der Waals surface area contributed by atoms with Crippen LogP contribution >= 0.6 is 0 Å². The summed E-state index contributed by atoms with van der Waals surface area (Å²) in [5.41, 5.74) is -0.574. The molecule has 0 spiro atoms. The molecule has 2 N–H and O–H groups in total. The lowest BCUT2D eigenvalue weighted by atomic mass is 10.1. The van der Waals surface area contributed by atoms with Gasteiger partial charge in [-0.25, -0.2) is 4.79 Å². The highest BCUT2D eigenvalue weighted by Gasteiger charge is 2.34. The van der Waals surface area contributed by atoms with E-state index in [9.17, 15) is 19.8 Å².